The lowest BCUT2D eigenvalue weighted by Crippen LogP contribution is -2.68. The Labute approximate surface area is 107 Å². The molecule has 1 aliphatic rings. The molecule has 5 nitrogen and oxygen atoms in total. The van der Waals surface area contributed by atoms with Crippen molar-refractivity contribution in [2.75, 3.05) is 25.5 Å². The van der Waals surface area contributed by atoms with E-state index in [9.17, 15) is 4.79 Å². The fourth-order valence-corrected chi connectivity index (χ4v) is 1.96. The highest BCUT2D eigenvalue weighted by Gasteiger charge is 2.40. The highest BCUT2D eigenvalue weighted by atomic mass is 16.5. The first-order valence-corrected chi connectivity index (χ1v) is 6.05. The lowest BCUT2D eigenvalue weighted by molar-refractivity contribution is 0.102. The highest BCUT2D eigenvalue weighted by Crippen LogP contribution is 2.23. The molecule has 1 aromatic carbocycles. The number of likely N-dealkylation sites (tertiary alicyclic amines) is 1. The van der Waals surface area contributed by atoms with Crippen LogP contribution in [-0.4, -0.2) is 36.7 Å². The SMILES string of the molecule is CCC1(N)CN(C(=O)Nc2ccc(OC)cc2)C1. The fraction of sp³-hybridized carbons (Fsp3) is 0.462. The third kappa shape index (κ3) is 2.56. The van der Waals surface area contributed by atoms with E-state index in [1.54, 1.807) is 12.0 Å². The van der Waals surface area contributed by atoms with Crippen molar-refractivity contribution in [3.8, 4) is 5.75 Å². The summed E-state index contributed by atoms with van der Waals surface area (Å²) in [5, 5.41) is 2.83. The predicted octanol–water partition coefficient (Wildman–Crippen LogP) is 1.65. The maximum absolute atomic E-state index is 11.9. The van der Waals surface area contributed by atoms with Gasteiger partial charge in [-0.05, 0) is 30.7 Å². The summed E-state index contributed by atoms with van der Waals surface area (Å²) in [6.07, 6.45) is 0.888. The van der Waals surface area contributed by atoms with Crippen molar-refractivity contribution in [1.82, 2.24) is 4.90 Å². The zero-order valence-electron chi connectivity index (χ0n) is 10.8. The molecule has 1 aromatic rings. The molecule has 0 aliphatic carbocycles. The van der Waals surface area contributed by atoms with Gasteiger partial charge in [0.05, 0.1) is 12.6 Å². The Morgan fingerprint density at radius 3 is 2.56 bits per heavy atom. The van der Waals surface area contributed by atoms with Crippen molar-refractivity contribution >= 4 is 11.7 Å². The normalized spacial score (nSPS) is 16.9. The molecule has 0 aromatic heterocycles. The maximum Gasteiger partial charge on any atom is 0.321 e. The number of anilines is 1. The van der Waals surface area contributed by atoms with Gasteiger partial charge in [0.2, 0.25) is 0 Å². The Morgan fingerprint density at radius 2 is 2.06 bits per heavy atom. The summed E-state index contributed by atoms with van der Waals surface area (Å²) in [5.41, 5.74) is 6.58. The molecule has 2 rings (SSSR count). The van der Waals surface area contributed by atoms with Crippen molar-refractivity contribution in [3.63, 3.8) is 0 Å². The van der Waals surface area contributed by atoms with Crippen LogP contribution in [0.5, 0.6) is 5.75 Å². The quantitative estimate of drug-likeness (QED) is 0.856. The monoisotopic (exact) mass is 249 g/mol. The summed E-state index contributed by atoms with van der Waals surface area (Å²) >= 11 is 0. The molecule has 0 spiro atoms. The minimum Gasteiger partial charge on any atom is -0.497 e. The van der Waals surface area contributed by atoms with Crippen LogP contribution in [0, 0.1) is 0 Å². The van der Waals surface area contributed by atoms with E-state index in [1.807, 2.05) is 31.2 Å². The zero-order valence-corrected chi connectivity index (χ0v) is 10.8. The third-order valence-corrected chi connectivity index (χ3v) is 3.34. The number of nitrogens with two attached hydrogens (primary N) is 1. The molecule has 0 bridgehead atoms. The average molecular weight is 249 g/mol. The molecule has 0 radical (unpaired) electrons. The van der Waals surface area contributed by atoms with Crippen LogP contribution < -0.4 is 15.8 Å². The van der Waals surface area contributed by atoms with Gasteiger partial charge in [0.25, 0.3) is 0 Å². The van der Waals surface area contributed by atoms with E-state index in [0.29, 0.717) is 13.1 Å². The van der Waals surface area contributed by atoms with Crippen LogP contribution in [0.2, 0.25) is 0 Å². The Kier molecular flexibility index (Phi) is 3.43. The molecule has 98 valence electrons. The number of nitrogens with one attached hydrogen (secondary N) is 1. The number of urea groups is 1. The molecule has 0 saturated carbocycles. The number of amides is 2. The third-order valence-electron chi connectivity index (χ3n) is 3.34. The van der Waals surface area contributed by atoms with Crippen LogP contribution in [0.4, 0.5) is 10.5 Å². The first kappa shape index (κ1) is 12.7. The molecule has 0 atom stereocenters. The number of rotatable bonds is 3. The van der Waals surface area contributed by atoms with Crippen molar-refractivity contribution in [2.45, 2.75) is 18.9 Å². The molecule has 1 fully saturated rings. The molecule has 1 heterocycles. The van der Waals surface area contributed by atoms with Gasteiger partial charge >= 0.3 is 6.03 Å². The van der Waals surface area contributed by atoms with E-state index >= 15 is 0 Å². The van der Waals surface area contributed by atoms with E-state index in [0.717, 1.165) is 17.9 Å². The van der Waals surface area contributed by atoms with Gasteiger partial charge in [-0.25, -0.2) is 4.79 Å². The minimum absolute atomic E-state index is 0.102. The molecular weight excluding hydrogens is 230 g/mol. The van der Waals surface area contributed by atoms with Crippen molar-refractivity contribution in [1.29, 1.82) is 0 Å². The molecular formula is C13H19N3O2. The van der Waals surface area contributed by atoms with E-state index in [4.69, 9.17) is 10.5 Å². The van der Waals surface area contributed by atoms with Gasteiger partial charge in [-0.3, -0.25) is 0 Å². The minimum atomic E-state index is -0.197. The number of carbonyl (C=O) groups excluding carboxylic acids is 1. The number of hydrogen-bond acceptors (Lipinski definition) is 3. The summed E-state index contributed by atoms with van der Waals surface area (Å²) < 4.78 is 5.06. The summed E-state index contributed by atoms with van der Waals surface area (Å²) in [6, 6.07) is 7.14. The van der Waals surface area contributed by atoms with E-state index in [-0.39, 0.29) is 11.6 Å². The van der Waals surface area contributed by atoms with E-state index in [1.165, 1.54) is 0 Å². The molecule has 3 N–H and O–H groups in total. The Hall–Kier alpha value is -1.75. The number of carbonyl (C=O) groups is 1. The van der Waals surface area contributed by atoms with E-state index < -0.39 is 0 Å². The van der Waals surface area contributed by atoms with Crippen LogP contribution >= 0.6 is 0 Å². The van der Waals surface area contributed by atoms with Crippen LogP contribution in [0.1, 0.15) is 13.3 Å². The van der Waals surface area contributed by atoms with Crippen LogP contribution in [-0.2, 0) is 0 Å². The molecule has 1 aliphatic heterocycles. The molecule has 0 unspecified atom stereocenters. The summed E-state index contributed by atoms with van der Waals surface area (Å²) in [7, 11) is 1.61. The van der Waals surface area contributed by atoms with Crippen molar-refractivity contribution in [3.05, 3.63) is 24.3 Å². The topological polar surface area (TPSA) is 67.6 Å². The summed E-state index contributed by atoms with van der Waals surface area (Å²) in [5.74, 6) is 0.768. The second kappa shape index (κ2) is 4.86. The lowest BCUT2D eigenvalue weighted by Gasteiger charge is -2.47. The van der Waals surface area contributed by atoms with Crippen LogP contribution in [0.15, 0.2) is 24.3 Å². The van der Waals surface area contributed by atoms with Crippen molar-refractivity contribution < 1.29 is 9.53 Å². The van der Waals surface area contributed by atoms with Gasteiger partial charge < -0.3 is 20.7 Å². The largest absolute Gasteiger partial charge is 0.497 e. The van der Waals surface area contributed by atoms with Crippen LogP contribution in [0.3, 0.4) is 0 Å². The molecule has 2 amide bonds. The van der Waals surface area contributed by atoms with Gasteiger partial charge in [-0.2, -0.15) is 0 Å². The second-order valence-electron chi connectivity index (χ2n) is 4.73. The Bertz CT molecular complexity index is 424. The highest BCUT2D eigenvalue weighted by molar-refractivity contribution is 5.90. The number of nitrogens with zero attached hydrogens (tertiary/aromatic N) is 1. The molecule has 18 heavy (non-hydrogen) atoms. The van der Waals surface area contributed by atoms with Gasteiger partial charge in [0.15, 0.2) is 0 Å². The van der Waals surface area contributed by atoms with E-state index in [2.05, 4.69) is 5.32 Å². The van der Waals surface area contributed by atoms with Gasteiger partial charge in [0.1, 0.15) is 5.75 Å². The van der Waals surface area contributed by atoms with Gasteiger partial charge in [-0.15, -0.1) is 0 Å². The Balaban J connectivity index is 1.88. The number of hydrogen-bond donors (Lipinski definition) is 2. The fourth-order valence-electron chi connectivity index (χ4n) is 1.96. The predicted molar refractivity (Wildman–Crippen MR) is 70.8 cm³/mol. The van der Waals surface area contributed by atoms with Gasteiger partial charge in [0, 0.05) is 18.8 Å². The Morgan fingerprint density at radius 1 is 1.44 bits per heavy atom. The average Bonchev–Trinajstić information content (AvgIpc) is 2.35. The summed E-state index contributed by atoms with van der Waals surface area (Å²) in [4.78, 5) is 13.6. The maximum atomic E-state index is 11.9. The first-order valence-electron chi connectivity index (χ1n) is 6.05. The number of ether oxygens (including phenoxy) is 1. The number of methoxy groups -OCH3 is 1. The van der Waals surface area contributed by atoms with Crippen LogP contribution in [0.25, 0.3) is 0 Å². The standard InChI is InChI=1S/C13H19N3O2/c1-3-13(14)8-16(9-13)12(17)15-10-4-6-11(18-2)7-5-10/h4-7H,3,8-9,14H2,1-2H3,(H,15,17). The molecule has 1 saturated heterocycles. The van der Waals surface area contributed by atoms with Gasteiger partial charge in [-0.1, -0.05) is 6.92 Å². The smallest absolute Gasteiger partial charge is 0.321 e. The second-order valence-corrected chi connectivity index (χ2v) is 4.73. The molecule has 5 heteroatoms. The first-order chi connectivity index (χ1) is 8.56. The zero-order chi connectivity index (χ0) is 13.2. The number of benzene rings is 1. The lowest BCUT2D eigenvalue weighted by atomic mass is 9.89. The van der Waals surface area contributed by atoms with Crippen molar-refractivity contribution in [2.24, 2.45) is 5.73 Å². The summed E-state index contributed by atoms with van der Waals surface area (Å²) in [6.45, 7) is 3.27.